The molecule has 0 bridgehead atoms. The predicted molar refractivity (Wildman–Crippen MR) is 52.0 cm³/mol. The van der Waals surface area contributed by atoms with E-state index < -0.39 is 11.9 Å². The van der Waals surface area contributed by atoms with E-state index in [-0.39, 0.29) is 0 Å². The Morgan fingerprint density at radius 1 is 0.929 bits per heavy atom. The van der Waals surface area contributed by atoms with Gasteiger partial charge < -0.3 is 10.2 Å². The summed E-state index contributed by atoms with van der Waals surface area (Å²) in [5.41, 5.74) is 1.46. The van der Waals surface area contributed by atoms with Crippen LogP contribution in [0.4, 0.5) is 0 Å². The van der Waals surface area contributed by atoms with E-state index in [9.17, 15) is 9.59 Å². The topological polar surface area (TPSA) is 74.6 Å². The second-order valence-electron chi connectivity index (χ2n) is 3.16. The highest BCUT2D eigenvalue weighted by atomic mass is 16.4. The Labute approximate surface area is 82.6 Å². The molecule has 14 heavy (non-hydrogen) atoms. The molecule has 0 atom stereocenters. The molecule has 0 spiro atoms. The molecule has 0 aliphatic rings. The number of carboxylic acids is 2. The molecule has 78 valence electrons. The first-order valence-corrected chi connectivity index (χ1v) is 4.22. The summed E-state index contributed by atoms with van der Waals surface area (Å²) < 4.78 is 0. The van der Waals surface area contributed by atoms with E-state index in [0.29, 0.717) is 12.8 Å². The monoisotopic (exact) mass is 198 g/mol. The lowest BCUT2D eigenvalue weighted by molar-refractivity contribution is -0.132. The van der Waals surface area contributed by atoms with Crippen molar-refractivity contribution in [3.05, 3.63) is 23.3 Å². The highest BCUT2D eigenvalue weighted by Crippen LogP contribution is 2.10. The molecular weight excluding hydrogens is 184 g/mol. The van der Waals surface area contributed by atoms with Gasteiger partial charge in [0.25, 0.3) is 0 Å². The molecule has 0 aromatic heterocycles. The van der Waals surface area contributed by atoms with Crippen LogP contribution in [-0.2, 0) is 9.59 Å². The van der Waals surface area contributed by atoms with E-state index in [1.807, 2.05) is 0 Å². The van der Waals surface area contributed by atoms with Gasteiger partial charge in [0, 0.05) is 12.2 Å². The molecule has 0 radical (unpaired) electrons. The molecular formula is C10H14O4. The van der Waals surface area contributed by atoms with Gasteiger partial charge in [0.1, 0.15) is 0 Å². The molecule has 0 aliphatic carbocycles. The number of carboxylic acid groups (broad SMARTS) is 2. The molecule has 0 saturated carbocycles. The molecule has 0 saturated heterocycles. The number of hydrogen-bond donors (Lipinski definition) is 2. The van der Waals surface area contributed by atoms with Gasteiger partial charge in [-0.05, 0) is 26.7 Å². The molecule has 0 rings (SSSR count). The van der Waals surface area contributed by atoms with Crippen LogP contribution in [0, 0.1) is 0 Å². The van der Waals surface area contributed by atoms with Crippen molar-refractivity contribution in [1.82, 2.24) is 0 Å². The summed E-state index contributed by atoms with van der Waals surface area (Å²) in [7, 11) is 0. The summed E-state index contributed by atoms with van der Waals surface area (Å²) in [5.74, 6) is -1.94. The SMILES string of the molecule is C/C(=C\C(=O)O)CC/C(C)=C/C(=O)O. The number of aliphatic carboxylic acids is 2. The normalized spacial score (nSPS) is 12.7. The molecule has 2 N–H and O–H groups in total. The Hall–Kier alpha value is -1.58. The van der Waals surface area contributed by atoms with Crippen molar-refractivity contribution in [3.63, 3.8) is 0 Å². The summed E-state index contributed by atoms with van der Waals surface area (Å²) in [6.45, 7) is 3.42. The average molecular weight is 198 g/mol. The first-order valence-electron chi connectivity index (χ1n) is 4.22. The van der Waals surface area contributed by atoms with Gasteiger partial charge in [-0.25, -0.2) is 9.59 Å². The fourth-order valence-corrected chi connectivity index (χ4v) is 0.960. The first-order chi connectivity index (χ1) is 6.41. The number of hydrogen-bond acceptors (Lipinski definition) is 2. The molecule has 0 aromatic carbocycles. The second kappa shape index (κ2) is 5.96. The van der Waals surface area contributed by atoms with Crippen LogP contribution in [0.15, 0.2) is 23.3 Å². The molecule has 4 nitrogen and oxygen atoms in total. The molecule has 0 aliphatic heterocycles. The maximum Gasteiger partial charge on any atom is 0.328 e. The van der Waals surface area contributed by atoms with Crippen molar-refractivity contribution in [2.75, 3.05) is 0 Å². The number of rotatable bonds is 5. The Morgan fingerprint density at radius 3 is 1.43 bits per heavy atom. The van der Waals surface area contributed by atoms with Gasteiger partial charge in [-0.1, -0.05) is 11.1 Å². The average Bonchev–Trinajstić information content (AvgIpc) is 1.98. The van der Waals surface area contributed by atoms with Crippen LogP contribution >= 0.6 is 0 Å². The minimum Gasteiger partial charge on any atom is -0.478 e. The summed E-state index contributed by atoms with van der Waals surface area (Å²) in [5, 5.41) is 16.8. The van der Waals surface area contributed by atoms with E-state index in [1.165, 1.54) is 0 Å². The van der Waals surface area contributed by atoms with E-state index in [2.05, 4.69) is 0 Å². The minimum atomic E-state index is -0.970. The highest BCUT2D eigenvalue weighted by molar-refractivity contribution is 5.81. The Bertz CT molecular complexity index is 256. The third kappa shape index (κ3) is 7.09. The van der Waals surface area contributed by atoms with Crippen molar-refractivity contribution >= 4 is 11.9 Å². The highest BCUT2D eigenvalue weighted by Gasteiger charge is 1.97. The Balaban J connectivity index is 4.07. The smallest absolute Gasteiger partial charge is 0.328 e. The predicted octanol–water partition coefficient (Wildman–Crippen LogP) is 1.83. The molecule has 0 amide bonds. The van der Waals surface area contributed by atoms with Gasteiger partial charge in [-0.3, -0.25) is 0 Å². The second-order valence-corrected chi connectivity index (χ2v) is 3.16. The van der Waals surface area contributed by atoms with Gasteiger partial charge >= 0.3 is 11.9 Å². The summed E-state index contributed by atoms with van der Waals surface area (Å²) in [6.07, 6.45) is 3.41. The largest absolute Gasteiger partial charge is 0.478 e. The molecule has 4 heteroatoms. The standard InChI is InChI=1S/C10H14O4/c1-7(5-9(11)12)3-4-8(2)6-10(13)14/h5-6H,3-4H2,1-2H3,(H,11,12)(H,13,14)/b7-5+,8-6+. The van der Waals surface area contributed by atoms with E-state index in [0.717, 1.165) is 23.3 Å². The third-order valence-corrected chi connectivity index (χ3v) is 1.65. The lowest BCUT2D eigenvalue weighted by Gasteiger charge is -2.00. The van der Waals surface area contributed by atoms with Gasteiger partial charge in [-0.15, -0.1) is 0 Å². The van der Waals surface area contributed by atoms with Crippen LogP contribution in [-0.4, -0.2) is 22.2 Å². The van der Waals surface area contributed by atoms with Crippen molar-refractivity contribution < 1.29 is 19.8 Å². The molecule has 0 aromatic rings. The molecule has 0 fully saturated rings. The first kappa shape index (κ1) is 12.4. The Morgan fingerprint density at radius 2 is 1.21 bits per heavy atom. The van der Waals surface area contributed by atoms with Crippen LogP contribution in [0.2, 0.25) is 0 Å². The van der Waals surface area contributed by atoms with E-state index in [1.54, 1.807) is 13.8 Å². The van der Waals surface area contributed by atoms with Crippen molar-refractivity contribution in [2.45, 2.75) is 26.7 Å². The summed E-state index contributed by atoms with van der Waals surface area (Å²) in [4.78, 5) is 20.5. The maximum absolute atomic E-state index is 10.2. The summed E-state index contributed by atoms with van der Waals surface area (Å²) in [6, 6.07) is 0. The lowest BCUT2D eigenvalue weighted by atomic mass is 10.1. The maximum atomic E-state index is 10.2. The fourth-order valence-electron chi connectivity index (χ4n) is 0.960. The van der Waals surface area contributed by atoms with Crippen molar-refractivity contribution in [1.29, 1.82) is 0 Å². The third-order valence-electron chi connectivity index (χ3n) is 1.65. The number of carbonyl (C=O) groups is 2. The van der Waals surface area contributed by atoms with Gasteiger partial charge in [0.15, 0.2) is 0 Å². The lowest BCUT2D eigenvalue weighted by Crippen LogP contribution is -1.92. The summed E-state index contributed by atoms with van der Waals surface area (Å²) >= 11 is 0. The van der Waals surface area contributed by atoms with Crippen LogP contribution in [0.25, 0.3) is 0 Å². The van der Waals surface area contributed by atoms with Gasteiger partial charge in [0.2, 0.25) is 0 Å². The van der Waals surface area contributed by atoms with Crippen LogP contribution in [0.3, 0.4) is 0 Å². The Kier molecular flexibility index (Phi) is 5.29. The van der Waals surface area contributed by atoms with E-state index >= 15 is 0 Å². The zero-order valence-electron chi connectivity index (χ0n) is 8.28. The van der Waals surface area contributed by atoms with E-state index in [4.69, 9.17) is 10.2 Å². The van der Waals surface area contributed by atoms with Crippen LogP contribution in [0.1, 0.15) is 26.7 Å². The zero-order chi connectivity index (χ0) is 11.1. The van der Waals surface area contributed by atoms with Crippen molar-refractivity contribution in [2.24, 2.45) is 0 Å². The van der Waals surface area contributed by atoms with Crippen LogP contribution < -0.4 is 0 Å². The number of allylic oxidation sites excluding steroid dienone is 2. The fraction of sp³-hybridized carbons (Fsp3) is 0.400. The van der Waals surface area contributed by atoms with Gasteiger partial charge in [-0.2, -0.15) is 0 Å². The molecule has 0 heterocycles. The minimum absolute atomic E-state index is 0.571. The quantitative estimate of drug-likeness (QED) is 0.661. The van der Waals surface area contributed by atoms with Crippen LogP contribution in [0.5, 0.6) is 0 Å². The zero-order valence-corrected chi connectivity index (χ0v) is 8.28. The van der Waals surface area contributed by atoms with Gasteiger partial charge in [0.05, 0.1) is 0 Å². The molecule has 0 unspecified atom stereocenters. The van der Waals surface area contributed by atoms with Crippen molar-refractivity contribution in [3.8, 4) is 0 Å².